The lowest BCUT2D eigenvalue weighted by Gasteiger charge is -2.35. The Kier molecular flexibility index (Phi) is 6.39. The first-order valence-corrected chi connectivity index (χ1v) is 9.01. The average Bonchev–Trinajstić information content (AvgIpc) is 2.69. The van der Waals surface area contributed by atoms with E-state index >= 15 is 0 Å². The van der Waals surface area contributed by atoms with Crippen molar-refractivity contribution in [3.8, 4) is 0 Å². The summed E-state index contributed by atoms with van der Waals surface area (Å²) in [4.78, 5) is 22.1. The molecule has 1 fully saturated rings. The molecule has 0 unspecified atom stereocenters. The molecule has 1 aliphatic heterocycles. The Bertz CT molecular complexity index is 711. The standard InChI is InChI=1S/C21H25N3O2/c1-18(26-22-16-19-8-4-2-5-9-19)21(25)24-14-12-23(13-15-24)17-20-10-6-3-7-11-20/h2-11,16,18H,12-15,17H2,1H3/b22-16-/t18-/m0/s1. The maximum absolute atomic E-state index is 12.5. The van der Waals surface area contributed by atoms with Crippen molar-refractivity contribution in [2.75, 3.05) is 26.2 Å². The van der Waals surface area contributed by atoms with Gasteiger partial charge in [0.25, 0.3) is 5.91 Å². The van der Waals surface area contributed by atoms with Gasteiger partial charge in [-0.2, -0.15) is 0 Å². The van der Waals surface area contributed by atoms with E-state index in [2.05, 4.69) is 34.3 Å². The number of carbonyl (C=O) groups excluding carboxylic acids is 1. The van der Waals surface area contributed by atoms with Gasteiger partial charge in [-0.25, -0.2) is 0 Å². The SMILES string of the molecule is C[C@H](O/N=C\c1ccccc1)C(=O)N1CCN(Cc2ccccc2)CC1. The molecule has 1 amide bonds. The highest BCUT2D eigenvalue weighted by Gasteiger charge is 2.26. The van der Waals surface area contributed by atoms with Crippen molar-refractivity contribution in [2.45, 2.75) is 19.6 Å². The number of oxime groups is 1. The molecule has 0 radical (unpaired) electrons. The number of nitrogens with zero attached hydrogens (tertiary/aromatic N) is 3. The molecule has 5 heteroatoms. The molecule has 1 atom stereocenters. The molecule has 1 saturated heterocycles. The first-order valence-electron chi connectivity index (χ1n) is 9.01. The van der Waals surface area contributed by atoms with Gasteiger partial charge in [0, 0.05) is 32.7 Å². The minimum Gasteiger partial charge on any atom is -0.383 e. The van der Waals surface area contributed by atoms with E-state index in [4.69, 9.17) is 4.84 Å². The Morgan fingerprint density at radius 1 is 1.04 bits per heavy atom. The van der Waals surface area contributed by atoms with E-state index in [1.54, 1.807) is 13.1 Å². The summed E-state index contributed by atoms with van der Waals surface area (Å²) in [5.74, 6) is -0.00503. The van der Waals surface area contributed by atoms with Crippen LogP contribution in [0.2, 0.25) is 0 Å². The second-order valence-corrected chi connectivity index (χ2v) is 6.48. The van der Waals surface area contributed by atoms with Gasteiger partial charge in [0.1, 0.15) is 0 Å². The summed E-state index contributed by atoms with van der Waals surface area (Å²) in [5.41, 5.74) is 2.25. The summed E-state index contributed by atoms with van der Waals surface area (Å²) in [7, 11) is 0. The molecule has 0 bridgehead atoms. The zero-order chi connectivity index (χ0) is 18.2. The maximum Gasteiger partial charge on any atom is 0.266 e. The lowest BCUT2D eigenvalue weighted by atomic mass is 10.2. The number of carbonyl (C=O) groups is 1. The molecule has 0 N–H and O–H groups in total. The quantitative estimate of drug-likeness (QED) is 0.594. The zero-order valence-corrected chi connectivity index (χ0v) is 15.1. The largest absolute Gasteiger partial charge is 0.383 e. The Labute approximate surface area is 154 Å². The number of benzene rings is 2. The topological polar surface area (TPSA) is 45.1 Å². The summed E-state index contributed by atoms with van der Waals surface area (Å²) in [6, 6.07) is 20.1. The van der Waals surface area contributed by atoms with Gasteiger partial charge in [-0.1, -0.05) is 65.8 Å². The summed E-state index contributed by atoms with van der Waals surface area (Å²) >= 11 is 0. The van der Waals surface area contributed by atoms with Crippen molar-refractivity contribution in [1.82, 2.24) is 9.80 Å². The molecule has 1 aliphatic rings. The fourth-order valence-electron chi connectivity index (χ4n) is 2.99. The maximum atomic E-state index is 12.5. The second kappa shape index (κ2) is 9.15. The van der Waals surface area contributed by atoms with E-state index in [1.165, 1.54) is 5.56 Å². The molecule has 136 valence electrons. The number of hydrogen-bond acceptors (Lipinski definition) is 4. The van der Waals surface area contributed by atoms with Crippen molar-refractivity contribution in [1.29, 1.82) is 0 Å². The van der Waals surface area contributed by atoms with Crippen LogP contribution in [0.4, 0.5) is 0 Å². The third kappa shape index (κ3) is 5.17. The number of piperazine rings is 1. The molecule has 5 nitrogen and oxygen atoms in total. The van der Waals surface area contributed by atoms with Gasteiger partial charge in [0.15, 0.2) is 0 Å². The molecule has 0 spiro atoms. The first kappa shape index (κ1) is 18.1. The fraction of sp³-hybridized carbons (Fsp3) is 0.333. The van der Waals surface area contributed by atoms with Crippen LogP contribution in [0, 0.1) is 0 Å². The van der Waals surface area contributed by atoms with E-state index in [9.17, 15) is 4.79 Å². The highest BCUT2D eigenvalue weighted by atomic mass is 16.6. The number of amides is 1. The zero-order valence-electron chi connectivity index (χ0n) is 15.1. The van der Waals surface area contributed by atoms with Crippen LogP contribution < -0.4 is 0 Å². The van der Waals surface area contributed by atoms with Crippen molar-refractivity contribution in [3.05, 3.63) is 71.8 Å². The Morgan fingerprint density at radius 2 is 1.65 bits per heavy atom. The molecular weight excluding hydrogens is 326 g/mol. The normalized spacial score (nSPS) is 16.6. The van der Waals surface area contributed by atoms with Crippen LogP contribution in [0.5, 0.6) is 0 Å². The van der Waals surface area contributed by atoms with E-state index in [-0.39, 0.29) is 5.91 Å². The molecular formula is C21H25N3O2. The van der Waals surface area contributed by atoms with Gasteiger partial charge in [-0.05, 0) is 18.1 Å². The predicted molar refractivity (Wildman–Crippen MR) is 103 cm³/mol. The first-order chi connectivity index (χ1) is 12.7. The minimum absolute atomic E-state index is 0.00503. The van der Waals surface area contributed by atoms with E-state index < -0.39 is 6.10 Å². The predicted octanol–water partition coefficient (Wildman–Crippen LogP) is 2.77. The molecule has 3 rings (SSSR count). The fourth-order valence-corrected chi connectivity index (χ4v) is 2.99. The highest BCUT2D eigenvalue weighted by molar-refractivity contribution is 5.81. The van der Waals surface area contributed by atoms with Crippen LogP contribution in [-0.4, -0.2) is 54.2 Å². The van der Waals surface area contributed by atoms with Crippen LogP contribution in [0.3, 0.4) is 0 Å². The monoisotopic (exact) mass is 351 g/mol. The van der Waals surface area contributed by atoms with Crippen LogP contribution in [-0.2, 0) is 16.2 Å². The van der Waals surface area contributed by atoms with Gasteiger partial charge < -0.3 is 9.74 Å². The van der Waals surface area contributed by atoms with E-state index in [1.807, 2.05) is 41.3 Å². The van der Waals surface area contributed by atoms with Gasteiger partial charge in [-0.3, -0.25) is 9.69 Å². The Hall–Kier alpha value is -2.66. The van der Waals surface area contributed by atoms with Crippen LogP contribution in [0.15, 0.2) is 65.8 Å². The van der Waals surface area contributed by atoms with Crippen LogP contribution in [0.25, 0.3) is 0 Å². The van der Waals surface area contributed by atoms with Crippen LogP contribution in [0.1, 0.15) is 18.1 Å². The van der Waals surface area contributed by atoms with Crippen molar-refractivity contribution in [3.63, 3.8) is 0 Å². The molecule has 2 aromatic carbocycles. The van der Waals surface area contributed by atoms with Gasteiger partial charge >= 0.3 is 0 Å². The molecule has 2 aromatic rings. The smallest absolute Gasteiger partial charge is 0.266 e. The highest BCUT2D eigenvalue weighted by Crippen LogP contribution is 2.10. The van der Waals surface area contributed by atoms with Crippen molar-refractivity contribution < 1.29 is 9.63 Å². The van der Waals surface area contributed by atoms with Gasteiger partial charge in [0.05, 0.1) is 6.21 Å². The van der Waals surface area contributed by atoms with E-state index in [0.717, 1.165) is 38.3 Å². The molecule has 26 heavy (non-hydrogen) atoms. The summed E-state index contributed by atoms with van der Waals surface area (Å²) in [5, 5.41) is 3.95. The van der Waals surface area contributed by atoms with E-state index in [0.29, 0.717) is 0 Å². The lowest BCUT2D eigenvalue weighted by Crippen LogP contribution is -2.50. The van der Waals surface area contributed by atoms with Crippen molar-refractivity contribution in [2.24, 2.45) is 5.16 Å². The van der Waals surface area contributed by atoms with Gasteiger partial charge in [0.2, 0.25) is 6.10 Å². The Morgan fingerprint density at radius 3 is 2.31 bits per heavy atom. The lowest BCUT2D eigenvalue weighted by molar-refractivity contribution is -0.144. The van der Waals surface area contributed by atoms with Gasteiger partial charge in [-0.15, -0.1) is 0 Å². The number of hydrogen-bond donors (Lipinski definition) is 0. The molecule has 0 aromatic heterocycles. The molecule has 0 aliphatic carbocycles. The third-order valence-corrected chi connectivity index (χ3v) is 4.50. The number of rotatable bonds is 6. The summed E-state index contributed by atoms with van der Waals surface area (Å²) in [6.45, 7) is 5.88. The van der Waals surface area contributed by atoms with Crippen LogP contribution >= 0.6 is 0 Å². The molecule has 0 saturated carbocycles. The second-order valence-electron chi connectivity index (χ2n) is 6.48. The third-order valence-electron chi connectivity index (χ3n) is 4.50. The minimum atomic E-state index is -0.573. The average molecular weight is 351 g/mol. The summed E-state index contributed by atoms with van der Waals surface area (Å²) in [6.07, 6.45) is 1.05. The Balaban J connectivity index is 1.43. The molecule has 1 heterocycles. The van der Waals surface area contributed by atoms with Crippen molar-refractivity contribution >= 4 is 12.1 Å². The summed E-state index contributed by atoms with van der Waals surface area (Å²) < 4.78 is 0.